The summed E-state index contributed by atoms with van der Waals surface area (Å²) in [6.07, 6.45) is 2.49. The quantitative estimate of drug-likeness (QED) is 0.782. The lowest BCUT2D eigenvalue weighted by Crippen LogP contribution is -2.13. The number of thiazole rings is 1. The van der Waals surface area contributed by atoms with E-state index in [4.69, 9.17) is 0 Å². The lowest BCUT2D eigenvalue weighted by molar-refractivity contribution is -0.121. The van der Waals surface area contributed by atoms with E-state index in [1.807, 2.05) is 42.6 Å². The molecule has 0 amide bonds. The van der Waals surface area contributed by atoms with Gasteiger partial charge in [0.15, 0.2) is 0 Å². The minimum atomic E-state index is 0.147. The molecular formula is C16H19NOS. The second kappa shape index (κ2) is 6.62. The Morgan fingerprint density at radius 1 is 1.32 bits per heavy atom. The Balaban J connectivity index is 2.04. The molecule has 0 aliphatic rings. The molecule has 1 heterocycles. The van der Waals surface area contributed by atoms with Gasteiger partial charge in [-0.1, -0.05) is 50.6 Å². The predicted molar refractivity (Wildman–Crippen MR) is 80.3 cm³/mol. The van der Waals surface area contributed by atoms with Crippen molar-refractivity contribution in [1.82, 2.24) is 4.98 Å². The van der Waals surface area contributed by atoms with E-state index in [1.54, 1.807) is 11.3 Å². The van der Waals surface area contributed by atoms with Crippen molar-refractivity contribution in [2.75, 3.05) is 0 Å². The van der Waals surface area contributed by atoms with E-state index >= 15 is 0 Å². The smallest absolute Gasteiger partial charge is 0.142 e. The summed E-state index contributed by atoms with van der Waals surface area (Å²) in [5, 5.41) is 2.95. The molecule has 0 aliphatic carbocycles. The number of hydrogen-bond donors (Lipinski definition) is 0. The topological polar surface area (TPSA) is 30.0 Å². The molecule has 0 unspecified atom stereocenters. The van der Waals surface area contributed by atoms with Gasteiger partial charge in [-0.2, -0.15) is 0 Å². The van der Waals surface area contributed by atoms with Gasteiger partial charge in [0.2, 0.25) is 0 Å². The number of aromatic nitrogens is 1. The fourth-order valence-corrected chi connectivity index (χ4v) is 2.86. The summed E-state index contributed by atoms with van der Waals surface area (Å²) in [6.45, 7) is 4.12. The number of rotatable bonds is 6. The number of nitrogens with zero attached hydrogens (tertiary/aromatic N) is 1. The molecule has 0 saturated carbocycles. The maximum atomic E-state index is 12.0. The van der Waals surface area contributed by atoms with Crippen LogP contribution in [0.15, 0.2) is 35.7 Å². The minimum absolute atomic E-state index is 0.147. The van der Waals surface area contributed by atoms with Crippen LogP contribution >= 0.6 is 11.3 Å². The van der Waals surface area contributed by atoms with E-state index in [2.05, 4.69) is 11.9 Å². The fourth-order valence-electron chi connectivity index (χ4n) is 2.05. The molecule has 1 atom stereocenters. The Morgan fingerprint density at radius 2 is 2.05 bits per heavy atom. The molecule has 1 aromatic heterocycles. The highest BCUT2D eigenvalue weighted by Crippen LogP contribution is 2.22. The van der Waals surface area contributed by atoms with Gasteiger partial charge in [-0.15, -0.1) is 11.3 Å². The van der Waals surface area contributed by atoms with Crippen molar-refractivity contribution < 1.29 is 4.79 Å². The van der Waals surface area contributed by atoms with Gasteiger partial charge in [-0.25, -0.2) is 4.98 Å². The second-order valence-corrected chi connectivity index (χ2v) is 5.77. The molecule has 0 fully saturated rings. The van der Waals surface area contributed by atoms with Crippen LogP contribution in [0.2, 0.25) is 0 Å². The Kier molecular flexibility index (Phi) is 4.86. The van der Waals surface area contributed by atoms with Gasteiger partial charge < -0.3 is 0 Å². The van der Waals surface area contributed by atoms with Crippen molar-refractivity contribution in [2.24, 2.45) is 5.92 Å². The van der Waals surface area contributed by atoms with Crippen LogP contribution in [0.25, 0.3) is 11.3 Å². The number of Topliss-reactive ketones (excluding diaryl/α,β-unsaturated/α-hetero) is 1. The summed E-state index contributed by atoms with van der Waals surface area (Å²) in [5.41, 5.74) is 2.08. The average Bonchev–Trinajstić information content (AvgIpc) is 2.88. The van der Waals surface area contributed by atoms with Crippen LogP contribution in [-0.2, 0) is 11.2 Å². The Morgan fingerprint density at radius 3 is 2.74 bits per heavy atom. The minimum Gasteiger partial charge on any atom is -0.299 e. The predicted octanol–water partition coefficient (Wildman–Crippen LogP) is 4.36. The lowest BCUT2D eigenvalue weighted by atomic mass is 9.99. The third kappa shape index (κ3) is 3.74. The highest BCUT2D eigenvalue weighted by Gasteiger charge is 2.14. The van der Waals surface area contributed by atoms with Gasteiger partial charge in [0, 0.05) is 16.9 Å². The van der Waals surface area contributed by atoms with Gasteiger partial charge in [0.05, 0.1) is 12.1 Å². The normalized spacial score (nSPS) is 12.3. The van der Waals surface area contributed by atoms with Gasteiger partial charge in [0.1, 0.15) is 10.8 Å². The third-order valence-corrected chi connectivity index (χ3v) is 4.07. The molecule has 1 aromatic carbocycles. The molecule has 19 heavy (non-hydrogen) atoms. The maximum Gasteiger partial charge on any atom is 0.142 e. The van der Waals surface area contributed by atoms with Gasteiger partial charge in [-0.3, -0.25) is 4.79 Å². The number of benzene rings is 1. The van der Waals surface area contributed by atoms with Gasteiger partial charge >= 0.3 is 0 Å². The van der Waals surface area contributed by atoms with Crippen LogP contribution < -0.4 is 0 Å². The third-order valence-electron chi connectivity index (χ3n) is 3.22. The van der Waals surface area contributed by atoms with Crippen molar-refractivity contribution in [3.63, 3.8) is 0 Å². The van der Waals surface area contributed by atoms with Crippen LogP contribution in [-0.4, -0.2) is 10.8 Å². The summed E-state index contributed by atoms with van der Waals surface area (Å²) in [5.74, 6) is 0.449. The highest BCUT2D eigenvalue weighted by atomic mass is 32.1. The molecular weight excluding hydrogens is 254 g/mol. The van der Waals surface area contributed by atoms with Gasteiger partial charge in [0.25, 0.3) is 0 Å². The van der Waals surface area contributed by atoms with E-state index in [0.717, 1.165) is 29.1 Å². The standard InChI is InChI=1S/C16H19NOS/c1-3-7-12(2)15(18)10-16-17-14(11-19-16)13-8-5-4-6-9-13/h4-6,8-9,11-12H,3,7,10H2,1-2H3/t12-/m0/s1. The van der Waals surface area contributed by atoms with Crippen molar-refractivity contribution in [2.45, 2.75) is 33.1 Å². The molecule has 0 spiro atoms. The number of hydrogen-bond acceptors (Lipinski definition) is 3. The largest absolute Gasteiger partial charge is 0.299 e. The SMILES string of the molecule is CCC[C@H](C)C(=O)Cc1nc(-c2ccccc2)cs1. The molecule has 2 aromatic rings. The second-order valence-electron chi connectivity index (χ2n) is 4.83. The molecule has 2 rings (SSSR count). The summed E-state index contributed by atoms with van der Waals surface area (Å²) >= 11 is 1.58. The zero-order valence-electron chi connectivity index (χ0n) is 11.4. The summed E-state index contributed by atoms with van der Waals surface area (Å²) < 4.78 is 0. The van der Waals surface area contributed by atoms with Crippen LogP contribution in [0, 0.1) is 5.92 Å². The van der Waals surface area contributed by atoms with Crippen LogP contribution in [0.3, 0.4) is 0 Å². The zero-order chi connectivity index (χ0) is 13.7. The average molecular weight is 273 g/mol. The molecule has 100 valence electrons. The maximum absolute atomic E-state index is 12.0. The van der Waals surface area contributed by atoms with Crippen molar-refractivity contribution in [3.05, 3.63) is 40.7 Å². The highest BCUT2D eigenvalue weighted by molar-refractivity contribution is 7.10. The van der Waals surface area contributed by atoms with Crippen LogP contribution in [0.1, 0.15) is 31.7 Å². The van der Waals surface area contributed by atoms with E-state index < -0.39 is 0 Å². The van der Waals surface area contributed by atoms with Crippen molar-refractivity contribution in [3.8, 4) is 11.3 Å². The molecule has 0 N–H and O–H groups in total. The Labute approximate surface area is 118 Å². The van der Waals surface area contributed by atoms with E-state index in [0.29, 0.717) is 12.2 Å². The first-order valence-corrected chi connectivity index (χ1v) is 7.61. The number of carbonyl (C=O) groups is 1. The van der Waals surface area contributed by atoms with Crippen molar-refractivity contribution in [1.29, 1.82) is 0 Å². The van der Waals surface area contributed by atoms with Crippen molar-refractivity contribution >= 4 is 17.1 Å². The summed E-state index contributed by atoms with van der Waals surface area (Å²) in [4.78, 5) is 16.6. The monoisotopic (exact) mass is 273 g/mol. The number of ketones is 1. The molecule has 0 bridgehead atoms. The Bertz CT molecular complexity index is 533. The van der Waals surface area contributed by atoms with Crippen LogP contribution in [0.4, 0.5) is 0 Å². The molecule has 2 nitrogen and oxygen atoms in total. The Hall–Kier alpha value is -1.48. The number of carbonyl (C=O) groups excluding carboxylic acids is 1. The zero-order valence-corrected chi connectivity index (χ0v) is 12.2. The van der Waals surface area contributed by atoms with E-state index in [9.17, 15) is 4.79 Å². The van der Waals surface area contributed by atoms with E-state index in [1.165, 1.54) is 0 Å². The first-order chi connectivity index (χ1) is 9.20. The molecule has 0 saturated heterocycles. The first-order valence-electron chi connectivity index (χ1n) is 6.73. The van der Waals surface area contributed by atoms with E-state index in [-0.39, 0.29) is 5.92 Å². The summed E-state index contributed by atoms with van der Waals surface area (Å²) in [7, 11) is 0. The molecule has 3 heteroatoms. The molecule has 0 radical (unpaired) electrons. The van der Waals surface area contributed by atoms with Crippen LogP contribution in [0.5, 0.6) is 0 Å². The fraction of sp³-hybridized carbons (Fsp3) is 0.375. The first kappa shape index (κ1) is 13.9. The lowest BCUT2D eigenvalue weighted by Gasteiger charge is -2.06. The summed E-state index contributed by atoms with van der Waals surface area (Å²) in [6, 6.07) is 10.1. The van der Waals surface area contributed by atoms with Gasteiger partial charge in [-0.05, 0) is 6.42 Å². The molecule has 0 aliphatic heterocycles.